The van der Waals surface area contributed by atoms with Gasteiger partial charge in [0.25, 0.3) is 10.0 Å². The maximum absolute atomic E-state index is 11.8. The summed E-state index contributed by atoms with van der Waals surface area (Å²) in [5, 5.41) is 2.55. The van der Waals surface area contributed by atoms with E-state index in [0.717, 1.165) is 0 Å². The number of nitrogens with zero attached hydrogens (tertiary/aromatic N) is 1. The molecule has 0 aromatic heterocycles. The second-order valence-electron chi connectivity index (χ2n) is 3.91. The van der Waals surface area contributed by atoms with Gasteiger partial charge in [0.1, 0.15) is 12.4 Å². The molecule has 0 saturated carbocycles. The van der Waals surface area contributed by atoms with Gasteiger partial charge in [0.2, 0.25) is 5.91 Å². The Bertz CT molecular complexity index is 625. The van der Waals surface area contributed by atoms with Gasteiger partial charge in [-0.1, -0.05) is 12.1 Å². The lowest BCUT2D eigenvalue weighted by Crippen LogP contribution is -2.31. The van der Waals surface area contributed by atoms with Crippen LogP contribution in [0.4, 0.5) is 0 Å². The molecule has 0 fully saturated rings. The van der Waals surface area contributed by atoms with E-state index in [1.165, 1.54) is 6.07 Å². The van der Waals surface area contributed by atoms with E-state index in [0.29, 0.717) is 18.7 Å². The maximum atomic E-state index is 11.8. The molecule has 1 aliphatic rings. The molecule has 1 amide bonds. The third-order valence-electron chi connectivity index (χ3n) is 2.51. The standard InChI is InChI=1S/C11H14N4O3S/c12-5-6-13-10(16)7-14-11-8-3-1-2-4-9(8)19(17,18)15-11/h1-4H,5-7,12H2,(H,13,16)(H,14,15). The highest BCUT2D eigenvalue weighted by Gasteiger charge is 2.30. The average molecular weight is 282 g/mol. The van der Waals surface area contributed by atoms with Crippen LogP contribution in [0.3, 0.4) is 0 Å². The smallest absolute Gasteiger partial charge is 0.263 e. The Labute approximate surface area is 111 Å². The van der Waals surface area contributed by atoms with Crippen molar-refractivity contribution in [3.8, 4) is 0 Å². The summed E-state index contributed by atoms with van der Waals surface area (Å²) in [6.45, 7) is 0.565. The molecule has 8 heteroatoms. The molecule has 1 heterocycles. The van der Waals surface area contributed by atoms with Crippen molar-refractivity contribution in [3.63, 3.8) is 0 Å². The SMILES string of the molecule is NCCNC(=O)CN=C1NS(=O)(=O)c2ccccc21. The van der Waals surface area contributed by atoms with Gasteiger partial charge in [-0.05, 0) is 12.1 Å². The number of sulfonamides is 1. The molecule has 0 radical (unpaired) electrons. The van der Waals surface area contributed by atoms with Gasteiger partial charge in [0.15, 0.2) is 0 Å². The molecule has 0 unspecified atom stereocenters. The molecule has 1 aliphatic heterocycles. The van der Waals surface area contributed by atoms with E-state index in [9.17, 15) is 13.2 Å². The Morgan fingerprint density at radius 2 is 2.11 bits per heavy atom. The minimum Gasteiger partial charge on any atom is -0.353 e. The van der Waals surface area contributed by atoms with Crippen LogP contribution in [0.2, 0.25) is 0 Å². The minimum atomic E-state index is -3.55. The fraction of sp³-hybridized carbons (Fsp3) is 0.273. The van der Waals surface area contributed by atoms with Gasteiger partial charge in [-0.25, -0.2) is 8.42 Å². The molecule has 0 atom stereocenters. The highest BCUT2D eigenvalue weighted by Crippen LogP contribution is 2.21. The lowest BCUT2D eigenvalue weighted by molar-refractivity contribution is -0.119. The molecule has 2 rings (SSSR count). The first-order valence-corrected chi connectivity index (χ1v) is 7.16. The van der Waals surface area contributed by atoms with Gasteiger partial charge in [-0.15, -0.1) is 0 Å². The van der Waals surface area contributed by atoms with Crippen molar-refractivity contribution in [1.82, 2.24) is 10.0 Å². The highest BCUT2D eigenvalue weighted by atomic mass is 32.2. The number of nitrogens with one attached hydrogen (secondary N) is 2. The summed E-state index contributed by atoms with van der Waals surface area (Å²) >= 11 is 0. The Balaban J connectivity index is 2.17. The summed E-state index contributed by atoms with van der Waals surface area (Å²) < 4.78 is 25.9. The van der Waals surface area contributed by atoms with Gasteiger partial charge in [-0.2, -0.15) is 0 Å². The normalized spacial score (nSPS) is 17.8. The Morgan fingerprint density at radius 1 is 1.37 bits per heavy atom. The number of rotatable bonds is 4. The highest BCUT2D eigenvalue weighted by molar-refractivity contribution is 7.90. The van der Waals surface area contributed by atoms with E-state index in [2.05, 4.69) is 15.0 Å². The number of amidine groups is 1. The lowest BCUT2D eigenvalue weighted by atomic mass is 10.2. The van der Waals surface area contributed by atoms with Crippen LogP contribution in [0.25, 0.3) is 0 Å². The minimum absolute atomic E-state index is 0.147. The van der Waals surface area contributed by atoms with E-state index in [4.69, 9.17) is 5.73 Å². The van der Waals surface area contributed by atoms with Crippen LogP contribution in [-0.2, 0) is 14.8 Å². The summed E-state index contributed by atoms with van der Waals surface area (Å²) in [5.74, 6) is -0.111. The number of amides is 1. The van der Waals surface area contributed by atoms with Crippen LogP contribution in [0.1, 0.15) is 5.56 Å². The van der Waals surface area contributed by atoms with Gasteiger partial charge < -0.3 is 11.1 Å². The first-order valence-electron chi connectivity index (χ1n) is 5.68. The molecular weight excluding hydrogens is 268 g/mol. The molecule has 0 aliphatic carbocycles. The predicted molar refractivity (Wildman–Crippen MR) is 70.2 cm³/mol. The number of fused-ring (bicyclic) bond motifs is 1. The fourth-order valence-corrected chi connectivity index (χ4v) is 2.92. The van der Waals surface area contributed by atoms with Gasteiger partial charge in [0, 0.05) is 18.7 Å². The van der Waals surface area contributed by atoms with Crippen molar-refractivity contribution < 1.29 is 13.2 Å². The Morgan fingerprint density at radius 3 is 2.84 bits per heavy atom. The first-order chi connectivity index (χ1) is 9.04. The van der Waals surface area contributed by atoms with Crippen LogP contribution in [-0.4, -0.2) is 39.8 Å². The largest absolute Gasteiger partial charge is 0.353 e. The van der Waals surface area contributed by atoms with Crippen LogP contribution >= 0.6 is 0 Å². The van der Waals surface area contributed by atoms with Crippen molar-refractivity contribution in [2.24, 2.45) is 10.7 Å². The molecule has 0 spiro atoms. The van der Waals surface area contributed by atoms with E-state index < -0.39 is 10.0 Å². The number of benzene rings is 1. The van der Waals surface area contributed by atoms with Gasteiger partial charge >= 0.3 is 0 Å². The van der Waals surface area contributed by atoms with Crippen molar-refractivity contribution >= 4 is 21.8 Å². The zero-order valence-electron chi connectivity index (χ0n) is 10.1. The quantitative estimate of drug-likeness (QED) is 0.643. The zero-order valence-corrected chi connectivity index (χ0v) is 10.9. The molecular formula is C11H14N4O3S. The molecule has 102 valence electrons. The molecule has 1 aromatic carbocycles. The third-order valence-corrected chi connectivity index (χ3v) is 3.91. The van der Waals surface area contributed by atoms with Crippen molar-refractivity contribution in [2.75, 3.05) is 19.6 Å². The number of carbonyl (C=O) groups is 1. The van der Waals surface area contributed by atoms with Crippen LogP contribution in [0.5, 0.6) is 0 Å². The van der Waals surface area contributed by atoms with Crippen LogP contribution in [0.15, 0.2) is 34.2 Å². The Kier molecular flexibility index (Phi) is 3.82. The monoisotopic (exact) mass is 282 g/mol. The second kappa shape index (κ2) is 5.37. The number of hydrogen-bond donors (Lipinski definition) is 3. The average Bonchev–Trinajstić information content (AvgIpc) is 2.66. The summed E-state index contributed by atoms with van der Waals surface area (Å²) in [5.41, 5.74) is 5.73. The lowest BCUT2D eigenvalue weighted by Gasteiger charge is -2.01. The molecule has 0 bridgehead atoms. The topological polar surface area (TPSA) is 114 Å². The summed E-state index contributed by atoms with van der Waals surface area (Å²) in [4.78, 5) is 15.5. The fourth-order valence-electron chi connectivity index (χ4n) is 1.67. The first kappa shape index (κ1) is 13.5. The zero-order chi connectivity index (χ0) is 13.9. The van der Waals surface area contributed by atoms with E-state index in [1.807, 2.05) is 0 Å². The molecule has 0 saturated heterocycles. The van der Waals surface area contributed by atoms with Gasteiger partial charge in [-0.3, -0.25) is 14.5 Å². The van der Waals surface area contributed by atoms with Crippen molar-refractivity contribution in [1.29, 1.82) is 0 Å². The molecule has 19 heavy (non-hydrogen) atoms. The molecule has 1 aromatic rings. The van der Waals surface area contributed by atoms with E-state index in [-0.39, 0.29) is 23.2 Å². The van der Waals surface area contributed by atoms with Crippen LogP contribution in [0, 0.1) is 0 Å². The summed E-state index contributed by atoms with van der Waals surface area (Å²) in [6.07, 6.45) is 0. The van der Waals surface area contributed by atoms with E-state index >= 15 is 0 Å². The number of carbonyl (C=O) groups excluding carboxylic acids is 1. The van der Waals surface area contributed by atoms with E-state index in [1.54, 1.807) is 18.2 Å². The third kappa shape index (κ3) is 2.91. The van der Waals surface area contributed by atoms with Gasteiger partial charge in [0.05, 0.1) is 4.90 Å². The van der Waals surface area contributed by atoms with Crippen molar-refractivity contribution in [3.05, 3.63) is 29.8 Å². The van der Waals surface area contributed by atoms with Crippen molar-refractivity contribution in [2.45, 2.75) is 4.90 Å². The predicted octanol–water partition coefficient (Wildman–Crippen LogP) is -1.20. The Hall–Kier alpha value is -1.93. The number of hydrogen-bond acceptors (Lipinski definition) is 5. The van der Waals surface area contributed by atoms with Crippen LogP contribution < -0.4 is 15.8 Å². The maximum Gasteiger partial charge on any atom is 0.263 e. The number of nitrogens with two attached hydrogens (primary N) is 1. The summed E-state index contributed by atoms with van der Waals surface area (Å²) in [7, 11) is -3.55. The molecule has 7 nitrogen and oxygen atoms in total. The number of aliphatic imine (C=N–C) groups is 1. The summed E-state index contributed by atoms with van der Waals surface area (Å²) in [6, 6.07) is 6.48. The second-order valence-corrected chi connectivity index (χ2v) is 5.56. The molecule has 4 N–H and O–H groups in total.